The maximum absolute atomic E-state index is 12.3. The molecule has 23 heavy (non-hydrogen) atoms. The Morgan fingerprint density at radius 3 is 2.57 bits per heavy atom. The largest absolute Gasteiger partial charge is 0.496 e. The standard InChI is InChI=1S/C18H26N2O3/c1-4-15-11-14(5-6-17(15)23-3)12-19-18(22)16-7-9-20(10-8-16)13(2)21/h5-6,11,16H,4,7-10,12H2,1-3H3,(H,19,22). The van der Waals surface area contributed by atoms with E-state index in [1.54, 1.807) is 18.9 Å². The molecule has 1 aromatic rings. The first-order valence-electron chi connectivity index (χ1n) is 8.24. The van der Waals surface area contributed by atoms with Crippen LogP contribution in [0, 0.1) is 5.92 Å². The van der Waals surface area contributed by atoms with Crippen LogP contribution in [0.4, 0.5) is 0 Å². The van der Waals surface area contributed by atoms with E-state index in [-0.39, 0.29) is 17.7 Å². The van der Waals surface area contributed by atoms with Crippen molar-refractivity contribution in [2.24, 2.45) is 5.92 Å². The van der Waals surface area contributed by atoms with Crippen LogP contribution in [-0.2, 0) is 22.6 Å². The van der Waals surface area contributed by atoms with Gasteiger partial charge in [0, 0.05) is 32.5 Å². The zero-order valence-electron chi connectivity index (χ0n) is 14.2. The SMILES string of the molecule is CCc1cc(CNC(=O)C2CCN(C(C)=O)CC2)ccc1OC. The predicted octanol–water partition coefficient (Wildman–Crippen LogP) is 2.13. The van der Waals surface area contributed by atoms with Crippen molar-refractivity contribution in [3.05, 3.63) is 29.3 Å². The Labute approximate surface area is 138 Å². The summed E-state index contributed by atoms with van der Waals surface area (Å²) < 4.78 is 5.32. The van der Waals surface area contributed by atoms with Crippen LogP contribution < -0.4 is 10.1 Å². The van der Waals surface area contributed by atoms with E-state index < -0.39 is 0 Å². The van der Waals surface area contributed by atoms with Crippen molar-refractivity contribution in [2.75, 3.05) is 20.2 Å². The van der Waals surface area contributed by atoms with Crippen LogP contribution in [0.3, 0.4) is 0 Å². The van der Waals surface area contributed by atoms with Crippen LogP contribution in [0.25, 0.3) is 0 Å². The number of piperidine rings is 1. The molecule has 0 radical (unpaired) electrons. The topological polar surface area (TPSA) is 58.6 Å². The number of methoxy groups -OCH3 is 1. The first kappa shape index (κ1) is 17.3. The zero-order valence-corrected chi connectivity index (χ0v) is 14.2. The van der Waals surface area contributed by atoms with Crippen molar-refractivity contribution < 1.29 is 14.3 Å². The summed E-state index contributed by atoms with van der Waals surface area (Å²) in [5.74, 6) is 1.07. The number of nitrogens with one attached hydrogen (secondary N) is 1. The lowest BCUT2D eigenvalue weighted by Crippen LogP contribution is -2.42. The van der Waals surface area contributed by atoms with Gasteiger partial charge in [-0.2, -0.15) is 0 Å². The van der Waals surface area contributed by atoms with Crippen LogP contribution in [-0.4, -0.2) is 36.9 Å². The third-order valence-corrected chi connectivity index (χ3v) is 4.50. The Hall–Kier alpha value is -2.04. The molecule has 1 saturated heterocycles. The third-order valence-electron chi connectivity index (χ3n) is 4.50. The maximum Gasteiger partial charge on any atom is 0.223 e. The molecule has 5 heteroatoms. The molecule has 126 valence electrons. The second kappa shape index (κ2) is 7.99. The van der Waals surface area contributed by atoms with E-state index in [2.05, 4.69) is 18.3 Å². The van der Waals surface area contributed by atoms with Gasteiger partial charge in [0.1, 0.15) is 5.75 Å². The molecule has 1 aliphatic rings. The van der Waals surface area contributed by atoms with Crippen LogP contribution in [0.1, 0.15) is 37.8 Å². The monoisotopic (exact) mass is 318 g/mol. The quantitative estimate of drug-likeness (QED) is 0.905. The molecular weight excluding hydrogens is 292 g/mol. The minimum absolute atomic E-state index is 0.00879. The summed E-state index contributed by atoms with van der Waals surface area (Å²) in [7, 11) is 1.67. The predicted molar refractivity (Wildman–Crippen MR) is 89.2 cm³/mol. The number of likely N-dealkylation sites (tertiary alicyclic amines) is 1. The highest BCUT2D eigenvalue weighted by molar-refractivity contribution is 5.79. The number of benzene rings is 1. The fraction of sp³-hybridized carbons (Fsp3) is 0.556. The molecule has 0 unspecified atom stereocenters. The van der Waals surface area contributed by atoms with Gasteiger partial charge in [-0.15, -0.1) is 0 Å². The fourth-order valence-corrected chi connectivity index (χ4v) is 3.01. The molecule has 5 nitrogen and oxygen atoms in total. The lowest BCUT2D eigenvalue weighted by molar-refractivity contribution is -0.134. The second-order valence-electron chi connectivity index (χ2n) is 6.00. The highest BCUT2D eigenvalue weighted by Crippen LogP contribution is 2.21. The van der Waals surface area contributed by atoms with Gasteiger partial charge in [-0.3, -0.25) is 9.59 Å². The summed E-state index contributed by atoms with van der Waals surface area (Å²) in [5.41, 5.74) is 2.23. The van der Waals surface area contributed by atoms with Crippen LogP contribution >= 0.6 is 0 Å². The minimum atomic E-state index is 0.00879. The van der Waals surface area contributed by atoms with Gasteiger partial charge >= 0.3 is 0 Å². The van der Waals surface area contributed by atoms with Crippen molar-refractivity contribution in [1.29, 1.82) is 0 Å². The molecular formula is C18H26N2O3. The number of amides is 2. The van der Waals surface area contributed by atoms with Crippen LogP contribution in [0.15, 0.2) is 18.2 Å². The minimum Gasteiger partial charge on any atom is -0.496 e. The average molecular weight is 318 g/mol. The number of rotatable bonds is 5. The molecule has 1 N–H and O–H groups in total. The van der Waals surface area contributed by atoms with Crippen LogP contribution in [0.2, 0.25) is 0 Å². The molecule has 0 bridgehead atoms. The molecule has 0 aliphatic carbocycles. The Kier molecular flexibility index (Phi) is 6.02. The summed E-state index contributed by atoms with van der Waals surface area (Å²) in [4.78, 5) is 25.4. The smallest absolute Gasteiger partial charge is 0.223 e. The fourth-order valence-electron chi connectivity index (χ4n) is 3.01. The second-order valence-corrected chi connectivity index (χ2v) is 6.00. The molecule has 1 heterocycles. The zero-order chi connectivity index (χ0) is 16.8. The van der Waals surface area contributed by atoms with E-state index in [4.69, 9.17) is 4.74 Å². The molecule has 0 saturated carbocycles. The van der Waals surface area contributed by atoms with Crippen molar-refractivity contribution in [2.45, 2.75) is 39.7 Å². The van der Waals surface area contributed by atoms with Crippen molar-refractivity contribution in [3.63, 3.8) is 0 Å². The van der Waals surface area contributed by atoms with E-state index in [1.165, 1.54) is 0 Å². The van der Waals surface area contributed by atoms with E-state index in [1.807, 2.05) is 12.1 Å². The number of aryl methyl sites for hydroxylation is 1. The first-order valence-corrected chi connectivity index (χ1v) is 8.24. The lowest BCUT2D eigenvalue weighted by Gasteiger charge is -2.30. The third kappa shape index (κ3) is 4.47. The van der Waals surface area contributed by atoms with E-state index in [0.29, 0.717) is 19.6 Å². The number of hydrogen-bond donors (Lipinski definition) is 1. The number of carbonyl (C=O) groups is 2. The normalized spacial score (nSPS) is 15.3. The number of nitrogens with zero attached hydrogens (tertiary/aromatic N) is 1. The summed E-state index contributed by atoms with van der Waals surface area (Å²) in [6, 6.07) is 6.01. The van der Waals surface area contributed by atoms with Crippen LogP contribution in [0.5, 0.6) is 5.75 Å². The van der Waals surface area contributed by atoms with Gasteiger partial charge < -0.3 is 15.0 Å². The Bertz CT molecular complexity index is 563. The number of ether oxygens (including phenoxy) is 1. The molecule has 1 fully saturated rings. The molecule has 1 aromatic carbocycles. The number of hydrogen-bond acceptors (Lipinski definition) is 3. The Balaban J connectivity index is 1.86. The maximum atomic E-state index is 12.3. The van der Waals surface area contributed by atoms with Gasteiger partial charge in [0.15, 0.2) is 0 Å². The van der Waals surface area contributed by atoms with Crippen molar-refractivity contribution in [1.82, 2.24) is 10.2 Å². The highest BCUT2D eigenvalue weighted by atomic mass is 16.5. The summed E-state index contributed by atoms with van der Waals surface area (Å²) in [6.45, 7) is 5.55. The molecule has 2 rings (SSSR count). The van der Waals surface area contributed by atoms with E-state index in [9.17, 15) is 9.59 Å². The highest BCUT2D eigenvalue weighted by Gasteiger charge is 2.25. The van der Waals surface area contributed by atoms with E-state index in [0.717, 1.165) is 36.1 Å². The van der Waals surface area contributed by atoms with Gasteiger partial charge in [0.2, 0.25) is 11.8 Å². The molecule has 0 atom stereocenters. The Morgan fingerprint density at radius 2 is 2.00 bits per heavy atom. The summed E-state index contributed by atoms with van der Waals surface area (Å²) in [5, 5.41) is 3.02. The Morgan fingerprint density at radius 1 is 1.30 bits per heavy atom. The summed E-state index contributed by atoms with van der Waals surface area (Å²) >= 11 is 0. The van der Waals surface area contributed by atoms with E-state index >= 15 is 0 Å². The molecule has 0 aromatic heterocycles. The van der Waals surface area contributed by atoms with Crippen molar-refractivity contribution in [3.8, 4) is 5.75 Å². The lowest BCUT2D eigenvalue weighted by atomic mass is 9.95. The molecule has 2 amide bonds. The van der Waals surface area contributed by atoms with Gasteiger partial charge in [-0.1, -0.05) is 19.1 Å². The molecule has 1 aliphatic heterocycles. The number of carbonyl (C=O) groups excluding carboxylic acids is 2. The van der Waals surface area contributed by atoms with Gasteiger partial charge in [-0.25, -0.2) is 0 Å². The van der Waals surface area contributed by atoms with Gasteiger partial charge in [-0.05, 0) is 36.5 Å². The first-order chi connectivity index (χ1) is 11.0. The van der Waals surface area contributed by atoms with Gasteiger partial charge in [0.05, 0.1) is 7.11 Å². The summed E-state index contributed by atoms with van der Waals surface area (Å²) in [6.07, 6.45) is 2.39. The van der Waals surface area contributed by atoms with Crippen molar-refractivity contribution >= 4 is 11.8 Å². The van der Waals surface area contributed by atoms with Gasteiger partial charge in [0.25, 0.3) is 0 Å². The average Bonchev–Trinajstić information content (AvgIpc) is 2.59. The molecule has 0 spiro atoms.